The Bertz CT molecular complexity index is 688. The molecule has 25 heavy (non-hydrogen) atoms. The monoisotopic (exact) mass is 344 g/mol. The van der Waals surface area contributed by atoms with Gasteiger partial charge in [0.05, 0.1) is 11.4 Å². The zero-order chi connectivity index (χ0) is 17.6. The first-order valence-electron chi connectivity index (χ1n) is 9.00. The number of carboxylic acid groups (broad SMARTS) is 1. The Morgan fingerprint density at radius 2 is 2.04 bits per heavy atom. The lowest BCUT2D eigenvalue weighted by atomic mass is 9.81. The van der Waals surface area contributed by atoms with Crippen LogP contribution < -0.4 is 0 Å². The van der Waals surface area contributed by atoms with E-state index >= 15 is 0 Å². The predicted molar refractivity (Wildman–Crippen MR) is 89.5 cm³/mol. The third kappa shape index (κ3) is 2.80. The molecule has 3 aliphatic rings. The number of amides is 1. The highest BCUT2D eigenvalue weighted by Gasteiger charge is 2.58. The van der Waals surface area contributed by atoms with Crippen LogP contribution in [0, 0.1) is 24.2 Å². The summed E-state index contributed by atoms with van der Waals surface area (Å²) in [6.07, 6.45) is 6.52. The van der Waals surface area contributed by atoms with Crippen molar-refractivity contribution in [1.82, 2.24) is 19.8 Å². The summed E-state index contributed by atoms with van der Waals surface area (Å²) in [4.78, 5) is 37.2. The Morgan fingerprint density at radius 3 is 2.60 bits per heavy atom. The van der Waals surface area contributed by atoms with Crippen molar-refractivity contribution in [2.24, 2.45) is 17.3 Å². The lowest BCUT2D eigenvalue weighted by Gasteiger charge is -2.31. The smallest absolute Gasteiger partial charge is 0.313 e. The Kier molecular flexibility index (Phi) is 3.98. The molecule has 0 unspecified atom stereocenters. The Labute approximate surface area is 147 Å². The highest BCUT2D eigenvalue weighted by atomic mass is 16.4. The maximum atomic E-state index is 12.5. The second kappa shape index (κ2) is 6.05. The Balaban J connectivity index is 1.46. The van der Waals surface area contributed by atoms with Gasteiger partial charge in [0.2, 0.25) is 5.91 Å². The van der Waals surface area contributed by atoms with Crippen LogP contribution in [0.25, 0.3) is 0 Å². The van der Waals surface area contributed by atoms with Gasteiger partial charge >= 0.3 is 5.97 Å². The van der Waals surface area contributed by atoms with Crippen molar-refractivity contribution in [3.8, 4) is 0 Å². The van der Waals surface area contributed by atoms with Crippen molar-refractivity contribution in [3.05, 3.63) is 23.8 Å². The molecule has 1 aromatic heterocycles. The molecule has 0 spiro atoms. The fourth-order valence-corrected chi connectivity index (χ4v) is 4.40. The van der Waals surface area contributed by atoms with E-state index in [1.807, 2.05) is 11.8 Å². The average molecular weight is 344 g/mol. The van der Waals surface area contributed by atoms with Crippen LogP contribution in [0.3, 0.4) is 0 Å². The number of aliphatic carboxylic acids is 1. The minimum absolute atomic E-state index is 0.00701. The summed E-state index contributed by atoms with van der Waals surface area (Å²) in [5.74, 6) is -0.493. The third-order valence-electron chi connectivity index (χ3n) is 6.09. The summed E-state index contributed by atoms with van der Waals surface area (Å²) in [7, 11) is 0. The number of carboxylic acids is 1. The van der Waals surface area contributed by atoms with E-state index in [4.69, 9.17) is 0 Å². The first-order valence-corrected chi connectivity index (χ1v) is 9.00. The van der Waals surface area contributed by atoms with Gasteiger partial charge in [0.15, 0.2) is 0 Å². The summed E-state index contributed by atoms with van der Waals surface area (Å²) < 4.78 is 0. The van der Waals surface area contributed by atoms with Gasteiger partial charge in [0.25, 0.3) is 0 Å². The van der Waals surface area contributed by atoms with E-state index in [0.29, 0.717) is 32.7 Å². The first-order chi connectivity index (χ1) is 12.0. The maximum Gasteiger partial charge on any atom is 0.313 e. The number of rotatable bonds is 4. The van der Waals surface area contributed by atoms with Crippen molar-refractivity contribution in [2.45, 2.75) is 32.7 Å². The Morgan fingerprint density at radius 1 is 1.24 bits per heavy atom. The molecule has 1 N–H and O–H groups in total. The van der Waals surface area contributed by atoms with Crippen LogP contribution in [0.5, 0.6) is 0 Å². The van der Waals surface area contributed by atoms with Crippen LogP contribution in [0.1, 0.15) is 30.7 Å². The number of aryl methyl sites for hydroxylation is 1. The van der Waals surface area contributed by atoms with E-state index in [0.717, 1.165) is 30.7 Å². The molecular formula is C18H24N4O3. The van der Waals surface area contributed by atoms with Gasteiger partial charge in [-0.2, -0.15) is 0 Å². The van der Waals surface area contributed by atoms with Gasteiger partial charge in [-0.05, 0) is 19.8 Å². The van der Waals surface area contributed by atoms with E-state index in [1.54, 1.807) is 12.4 Å². The molecule has 1 aliphatic carbocycles. The number of hydrogen-bond acceptors (Lipinski definition) is 5. The summed E-state index contributed by atoms with van der Waals surface area (Å²) in [5.41, 5.74) is 0.889. The predicted octanol–water partition coefficient (Wildman–Crippen LogP) is 0.930. The van der Waals surface area contributed by atoms with Gasteiger partial charge in [0, 0.05) is 57.0 Å². The molecular weight excluding hydrogens is 320 g/mol. The van der Waals surface area contributed by atoms with Crippen LogP contribution in [0.4, 0.5) is 0 Å². The van der Waals surface area contributed by atoms with Crippen LogP contribution >= 0.6 is 0 Å². The fourth-order valence-electron chi connectivity index (χ4n) is 4.40. The van der Waals surface area contributed by atoms with E-state index in [9.17, 15) is 14.7 Å². The normalized spacial score (nSPS) is 29.5. The summed E-state index contributed by atoms with van der Waals surface area (Å²) in [6.45, 7) is 4.57. The van der Waals surface area contributed by atoms with Crippen LogP contribution in [-0.4, -0.2) is 62.9 Å². The minimum atomic E-state index is -0.836. The first kappa shape index (κ1) is 16.4. The van der Waals surface area contributed by atoms with Crippen LogP contribution in [0.2, 0.25) is 0 Å². The molecule has 4 rings (SSSR count). The molecule has 3 heterocycles. The Hall–Kier alpha value is -2.02. The van der Waals surface area contributed by atoms with E-state index < -0.39 is 11.4 Å². The topological polar surface area (TPSA) is 86.6 Å². The highest BCUT2D eigenvalue weighted by Crippen LogP contribution is 2.44. The molecule has 7 heteroatoms. The van der Waals surface area contributed by atoms with E-state index in [-0.39, 0.29) is 17.7 Å². The number of carbonyl (C=O) groups excluding carboxylic acids is 1. The maximum absolute atomic E-state index is 12.5. The number of hydrogen-bond donors (Lipinski definition) is 1. The van der Waals surface area contributed by atoms with Gasteiger partial charge in [0.1, 0.15) is 5.41 Å². The molecule has 1 amide bonds. The molecule has 2 aliphatic heterocycles. The summed E-state index contributed by atoms with van der Waals surface area (Å²) in [6, 6.07) is 0. The second-order valence-corrected chi connectivity index (χ2v) is 7.82. The van der Waals surface area contributed by atoms with Crippen LogP contribution in [-0.2, 0) is 16.1 Å². The SMILES string of the molecule is Cc1cnc(CN2C[C@H]3CN(C(=O)C4CCC4)C[C@@]3(C(=O)O)C2)cn1. The lowest BCUT2D eigenvalue weighted by Crippen LogP contribution is -2.44. The zero-order valence-corrected chi connectivity index (χ0v) is 14.5. The van der Waals surface area contributed by atoms with Crippen molar-refractivity contribution in [1.29, 1.82) is 0 Å². The molecule has 0 aromatic carbocycles. The summed E-state index contributed by atoms with van der Waals surface area (Å²) in [5, 5.41) is 9.91. The number of fused-ring (bicyclic) bond motifs is 1. The number of nitrogens with zero attached hydrogens (tertiary/aromatic N) is 4. The van der Waals surface area contributed by atoms with E-state index in [2.05, 4.69) is 14.9 Å². The molecule has 3 fully saturated rings. The number of carbonyl (C=O) groups is 2. The standard InChI is InChI=1S/C18H24N4O3/c1-12-5-20-15(6-19-12)9-21-7-14-8-22(16(23)13-3-2-4-13)11-18(14,10-21)17(24)25/h5-6,13-14H,2-4,7-11H2,1H3,(H,24,25)/t14-,18-/m0/s1. The van der Waals surface area contributed by atoms with Gasteiger partial charge in [-0.1, -0.05) is 6.42 Å². The van der Waals surface area contributed by atoms with Crippen molar-refractivity contribution in [3.63, 3.8) is 0 Å². The van der Waals surface area contributed by atoms with Gasteiger partial charge in [-0.25, -0.2) is 0 Å². The molecule has 134 valence electrons. The zero-order valence-electron chi connectivity index (χ0n) is 14.5. The van der Waals surface area contributed by atoms with Crippen molar-refractivity contribution < 1.29 is 14.7 Å². The molecule has 7 nitrogen and oxygen atoms in total. The minimum Gasteiger partial charge on any atom is -0.481 e. The molecule has 2 atom stereocenters. The third-order valence-corrected chi connectivity index (χ3v) is 6.09. The molecule has 0 bridgehead atoms. The van der Waals surface area contributed by atoms with Crippen LogP contribution in [0.15, 0.2) is 12.4 Å². The fraction of sp³-hybridized carbons (Fsp3) is 0.667. The lowest BCUT2D eigenvalue weighted by molar-refractivity contribution is -0.149. The average Bonchev–Trinajstić information content (AvgIpc) is 3.02. The molecule has 1 saturated carbocycles. The van der Waals surface area contributed by atoms with Gasteiger partial charge in [-0.3, -0.25) is 24.5 Å². The summed E-state index contributed by atoms with van der Waals surface area (Å²) >= 11 is 0. The van der Waals surface area contributed by atoms with Crippen molar-refractivity contribution >= 4 is 11.9 Å². The van der Waals surface area contributed by atoms with Gasteiger partial charge in [-0.15, -0.1) is 0 Å². The molecule has 2 saturated heterocycles. The number of likely N-dealkylation sites (tertiary alicyclic amines) is 2. The van der Waals surface area contributed by atoms with Crippen molar-refractivity contribution in [2.75, 3.05) is 26.2 Å². The largest absolute Gasteiger partial charge is 0.481 e. The van der Waals surface area contributed by atoms with E-state index in [1.165, 1.54) is 0 Å². The quantitative estimate of drug-likeness (QED) is 0.874. The second-order valence-electron chi connectivity index (χ2n) is 7.82. The van der Waals surface area contributed by atoms with Gasteiger partial charge < -0.3 is 10.0 Å². The number of aromatic nitrogens is 2. The highest BCUT2D eigenvalue weighted by molar-refractivity contribution is 5.83. The molecule has 1 aromatic rings. The molecule has 0 radical (unpaired) electrons.